The van der Waals surface area contributed by atoms with Gasteiger partial charge in [0.2, 0.25) is 5.88 Å². The summed E-state index contributed by atoms with van der Waals surface area (Å²) in [6, 6.07) is 6.01. The molecule has 0 spiro atoms. The van der Waals surface area contributed by atoms with E-state index in [1.807, 2.05) is 12.1 Å². The molecule has 2 unspecified atom stereocenters. The van der Waals surface area contributed by atoms with E-state index in [2.05, 4.69) is 49.0 Å². The minimum atomic E-state index is 0.180. The minimum Gasteiger partial charge on any atom is -0.481 e. The summed E-state index contributed by atoms with van der Waals surface area (Å²) >= 11 is 0. The number of nitrogens with zero attached hydrogens (tertiary/aromatic N) is 2. The van der Waals surface area contributed by atoms with Crippen molar-refractivity contribution in [2.75, 3.05) is 20.2 Å². The topological polar surface area (TPSA) is 37.4 Å². The molecule has 0 amide bonds. The lowest BCUT2D eigenvalue weighted by atomic mass is 9.85. The van der Waals surface area contributed by atoms with Crippen molar-refractivity contribution in [1.29, 1.82) is 0 Å². The molecule has 4 nitrogen and oxygen atoms in total. The molecule has 1 N–H and O–H groups in total. The summed E-state index contributed by atoms with van der Waals surface area (Å²) in [7, 11) is 1.67. The number of hydrogen-bond donors (Lipinski definition) is 1. The molecule has 0 aromatic carbocycles. The van der Waals surface area contributed by atoms with Gasteiger partial charge in [-0.3, -0.25) is 4.90 Å². The predicted molar refractivity (Wildman–Crippen MR) is 86.6 cm³/mol. The van der Waals surface area contributed by atoms with Crippen LogP contribution in [0.2, 0.25) is 0 Å². The molecule has 1 aromatic heterocycles. The van der Waals surface area contributed by atoms with Gasteiger partial charge in [-0.1, -0.05) is 19.9 Å². The number of rotatable bonds is 5. The van der Waals surface area contributed by atoms with E-state index in [1.165, 1.54) is 0 Å². The molecule has 1 aliphatic rings. The molecule has 0 radical (unpaired) electrons. The molecule has 4 heteroatoms. The summed E-state index contributed by atoms with van der Waals surface area (Å²) in [4.78, 5) is 7.15. The van der Waals surface area contributed by atoms with E-state index >= 15 is 0 Å². The first kappa shape index (κ1) is 16.2. The summed E-state index contributed by atoms with van der Waals surface area (Å²) in [6.45, 7) is 12.1. The average Bonchev–Trinajstić information content (AvgIpc) is 2.51. The van der Waals surface area contributed by atoms with Crippen LogP contribution in [-0.2, 0) is 6.54 Å². The van der Waals surface area contributed by atoms with Crippen LogP contribution in [0.4, 0.5) is 0 Å². The van der Waals surface area contributed by atoms with Crippen molar-refractivity contribution in [2.24, 2.45) is 0 Å². The zero-order chi connectivity index (χ0) is 15.5. The quantitative estimate of drug-likeness (QED) is 0.905. The van der Waals surface area contributed by atoms with Crippen LogP contribution in [-0.4, -0.2) is 41.2 Å². The van der Waals surface area contributed by atoms with Crippen LogP contribution in [0.5, 0.6) is 5.88 Å². The second kappa shape index (κ2) is 6.32. The Bertz CT molecular complexity index is 479. The van der Waals surface area contributed by atoms with Crippen LogP contribution in [0, 0.1) is 0 Å². The summed E-state index contributed by atoms with van der Waals surface area (Å²) in [5.41, 5.74) is 1.45. The molecule has 2 atom stereocenters. The van der Waals surface area contributed by atoms with Gasteiger partial charge in [0.25, 0.3) is 0 Å². The van der Waals surface area contributed by atoms with Crippen LogP contribution in [0.3, 0.4) is 0 Å². The van der Waals surface area contributed by atoms with E-state index in [4.69, 9.17) is 4.74 Å². The monoisotopic (exact) mass is 291 g/mol. The van der Waals surface area contributed by atoms with Gasteiger partial charge in [-0.2, -0.15) is 0 Å². The number of aromatic nitrogens is 1. The van der Waals surface area contributed by atoms with Gasteiger partial charge < -0.3 is 10.1 Å². The fraction of sp³-hybridized carbons (Fsp3) is 0.706. The van der Waals surface area contributed by atoms with Gasteiger partial charge in [-0.25, -0.2) is 4.98 Å². The Morgan fingerprint density at radius 2 is 2.05 bits per heavy atom. The van der Waals surface area contributed by atoms with Crippen LogP contribution in [0.1, 0.15) is 46.2 Å². The Morgan fingerprint density at radius 3 is 2.67 bits per heavy atom. The Labute approximate surface area is 128 Å². The largest absolute Gasteiger partial charge is 0.481 e. The van der Waals surface area contributed by atoms with Crippen LogP contribution >= 0.6 is 0 Å². The third-order valence-electron chi connectivity index (χ3n) is 5.08. The van der Waals surface area contributed by atoms with Gasteiger partial charge in [-0.05, 0) is 32.8 Å². The third kappa shape index (κ3) is 3.55. The van der Waals surface area contributed by atoms with E-state index in [0.29, 0.717) is 5.88 Å². The molecule has 0 aliphatic carbocycles. The van der Waals surface area contributed by atoms with E-state index in [9.17, 15) is 0 Å². The van der Waals surface area contributed by atoms with Crippen LogP contribution < -0.4 is 10.1 Å². The second-order valence-corrected chi connectivity index (χ2v) is 6.65. The lowest BCUT2D eigenvalue weighted by Crippen LogP contribution is -2.67. The summed E-state index contributed by atoms with van der Waals surface area (Å²) in [5.74, 6) is 0.694. The number of methoxy groups -OCH3 is 1. The van der Waals surface area contributed by atoms with Crippen molar-refractivity contribution >= 4 is 0 Å². The number of piperazine rings is 1. The first-order valence-electron chi connectivity index (χ1n) is 7.95. The molecule has 1 saturated heterocycles. The molecule has 21 heavy (non-hydrogen) atoms. The first-order valence-corrected chi connectivity index (χ1v) is 7.95. The molecule has 1 aliphatic heterocycles. The van der Waals surface area contributed by atoms with Gasteiger partial charge in [0.15, 0.2) is 0 Å². The maximum Gasteiger partial charge on any atom is 0.213 e. The molecule has 0 saturated carbocycles. The standard InChI is InChI=1S/C17H29N3O/c1-6-16(3)13-20(17(4,7-2)12-18-16)11-14-9-8-10-15(19-14)21-5/h8-10,18H,6-7,11-13H2,1-5H3. The zero-order valence-electron chi connectivity index (χ0n) is 14.1. The Morgan fingerprint density at radius 1 is 1.29 bits per heavy atom. The molecular weight excluding hydrogens is 262 g/mol. The average molecular weight is 291 g/mol. The highest BCUT2D eigenvalue weighted by Gasteiger charge is 2.40. The SMILES string of the molecule is CCC1(C)CN(Cc2cccc(OC)n2)C(C)(CC)CN1. The van der Waals surface area contributed by atoms with E-state index in [0.717, 1.165) is 38.2 Å². The maximum absolute atomic E-state index is 5.24. The fourth-order valence-corrected chi connectivity index (χ4v) is 2.87. The fourth-order valence-electron chi connectivity index (χ4n) is 2.87. The van der Waals surface area contributed by atoms with Crippen LogP contribution in [0.15, 0.2) is 18.2 Å². The van der Waals surface area contributed by atoms with E-state index < -0.39 is 0 Å². The smallest absolute Gasteiger partial charge is 0.213 e. The Hall–Kier alpha value is -1.13. The molecule has 1 fully saturated rings. The van der Waals surface area contributed by atoms with Crippen LogP contribution in [0.25, 0.3) is 0 Å². The highest BCUT2D eigenvalue weighted by Crippen LogP contribution is 2.29. The zero-order valence-corrected chi connectivity index (χ0v) is 14.1. The second-order valence-electron chi connectivity index (χ2n) is 6.65. The van der Waals surface area contributed by atoms with Gasteiger partial charge in [-0.15, -0.1) is 0 Å². The van der Waals surface area contributed by atoms with Crippen molar-refractivity contribution < 1.29 is 4.74 Å². The molecule has 118 valence electrons. The number of nitrogens with one attached hydrogen (secondary N) is 1. The molecule has 1 aromatic rings. The van der Waals surface area contributed by atoms with Gasteiger partial charge in [0.05, 0.1) is 12.8 Å². The van der Waals surface area contributed by atoms with Crippen molar-refractivity contribution in [3.8, 4) is 5.88 Å². The van der Waals surface area contributed by atoms with Crippen molar-refractivity contribution in [3.05, 3.63) is 23.9 Å². The number of hydrogen-bond acceptors (Lipinski definition) is 4. The number of ether oxygens (including phenoxy) is 1. The third-order valence-corrected chi connectivity index (χ3v) is 5.08. The predicted octanol–water partition coefficient (Wildman–Crippen LogP) is 2.83. The molecular formula is C17H29N3O. The van der Waals surface area contributed by atoms with Crippen molar-refractivity contribution in [1.82, 2.24) is 15.2 Å². The first-order chi connectivity index (χ1) is 9.94. The van der Waals surface area contributed by atoms with Gasteiger partial charge in [0.1, 0.15) is 0 Å². The molecule has 0 bridgehead atoms. The molecule has 2 rings (SSSR count). The molecule has 2 heterocycles. The maximum atomic E-state index is 5.24. The summed E-state index contributed by atoms with van der Waals surface area (Å²) < 4.78 is 5.24. The Kier molecular flexibility index (Phi) is 4.89. The Balaban J connectivity index is 2.20. The van der Waals surface area contributed by atoms with Crippen molar-refractivity contribution in [2.45, 2.75) is 58.2 Å². The van der Waals surface area contributed by atoms with Crippen molar-refractivity contribution in [3.63, 3.8) is 0 Å². The van der Waals surface area contributed by atoms with E-state index in [-0.39, 0.29) is 11.1 Å². The highest BCUT2D eigenvalue weighted by molar-refractivity contribution is 5.16. The van der Waals surface area contributed by atoms with Gasteiger partial charge >= 0.3 is 0 Å². The minimum absolute atomic E-state index is 0.180. The normalized spacial score (nSPS) is 30.3. The lowest BCUT2D eigenvalue weighted by molar-refractivity contribution is 0.00946. The number of pyridine rings is 1. The lowest BCUT2D eigenvalue weighted by Gasteiger charge is -2.52. The van der Waals surface area contributed by atoms with Gasteiger partial charge in [0, 0.05) is 36.8 Å². The summed E-state index contributed by atoms with van der Waals surface area (Å²) in [5, 5.41) is 3.74. The highest BCUT2D eigenvalue weighted by atomic mass is 16.5. The summed E-state index contributed by atoms with van der Waals surface area (Å²) in [6.07, 6.45) is 2.26. The van der Waals surface area contributed by atoms with E-state index in [1.54, 1.807) is 7.11 Å².